The Morgan fingerprint density at radius 3 is 2.33 bits per heavy atom. The number of carbonyl (C=O) groups excluding carboxylic acids is 3. The number of benzene rings is 1. The van der Waals surface area contributed by atoms with Crippen LogP contribution in [0.1, 0.15) is 43.2 Å². The molecule has 1 heterocycles. The monoisotopic (exact) mass is 499 g/mol. The molecule has 6 N–H and O–H groups in total. The van der Waals surface area contributed by atoms with Gasteiger partial charge in [-0.05, 0) is 11.5 Å². The molecule has 0 aliphatic carbocycles. The van der Waals surface area contributed by atoms with Gasteiger partial charge < -0.3 is 20.4 Å². The van der Waals surface area contributed by atoms with Gasteiger partial charge in [-0.1, -0.05) is 51.1 Å². The Morgan fingerprint density at radius 1 is 1.11 bits per heavy atom. The highest BCUT2D eigenvalue weighted by atomic mass is 16.5. The summed E-state index contributed by atoms with van der Waals surface area (Å²) in [5, 5.41) is 14.2. The second-order valence-corrected chi connectivity index (χ2v) is 8.18. The lowest BCUT2D eigenvalue weighted by Crippen LogP contribution is -2.49. The molecular formula is C23H32BN6O6. The van der Waals surface area contributed by atoms with Crippen LogP contribution in [0.2, 0.25) is 0 Å². The predicted molar refractivity (Wildman–Crippen MR) is 132 cm³/mol. The largest absolute Gasteiger partial charge is 0.479 e. The molecule has 36 heavy (non-hydrogen) atoms. The van der Waals surface area contributed by atoms with Crippen LogP contribution in [0, 0.1) is 5.92 Å². The zero-order valence-electron chi connectivity index (χ0n) is 20.5. The van der Waals surface area contributed by atoms with E-state index in [1.165, 1.54) is 18.6 Å². The minimum absolute atomic E-state index is 0.0516. The molecule has 0 fully saturated rings. The van der Waals surface area contributed by atoms with Crippen LogP contribution in [0.15, 0.2) is 48.9 Å². The average molecular weight is 499 g/mol. The van der Waals surface area contributed by atoms with Crippen LogP contribution in [0.4, 0.5) is 0 Å². The van der Waals surface area contributed by atoms with Crippen LogP contribution in [0.3, 0.4) is 0 Å². The maximum Gasteiger partial charge on any atom is 0.331 e. The van der Waals surface area contributed by atoms with Gasteiger partial charge in [0.15, 0.2) is 0 Å². The number of hydrogen-bond acceptors (Lipinski definition) is 8. The third-order valence-electron chi connectivity index (χ3n) is 4.13. The lowest BCUT2D eigenvalue weighted by Gasteiger charge is -2.19. The molecule has 0 aliphatic heterocycles. The third-order valence-corrected chi connectivity index (χ3v) is 4.13. The molecule has 1 radical (unpaired) electrons. The average Bonchev–Trinajstić information content (AvgIpc) is 2.85. The second kappa shape index (κ2) is 16.7. The number of hydrazine groups is 1. The number of rotatable bonds is 12. The van der Waals surface area contributed by atoms with Crippen molar-refractivity contribution in [3.05, 3.63) is 60.2 Å². The number of carboxylic acids is 1. The molecule has 2 atom stereocenters. The standard InChI is InChI=1S/C19H22BN6O6.C4H10/c21-26-16(27)9-15(19(30)31)32-20-11-24-17(28)13(8-12-4-2-1-3-5-12)25-18(29)14-10-22-6-7-23-14;1-4(2)3/h1-7,10,13,15H,8-9,11,21H2,(H,24,28)(H,25,29)(H,26,27)(H,30,31);4H,1-3H3. The molecule has 0 aliphatic rings. The molecule has 1 aromatic carbocycles. The normalized spacial score (nSPS) is 11.8. The van der Waals surface area contributed by atoms with Crippen LogP contribution in [0.5, 0.6) is 0 Å². The van der Waals surface area contributed by atoms with Crippen LogP contribution in [-0.2, 0) is 25.5 Å². The minimum Gasteiger partial charge on any atom is -0.479 e. The van der Waals surface area contributed by atoms with E-state index in [4.69, 9.17) is 15.6 Å². The van der Waals surface area contributed by atoms with E-state index in [0.717, 1.165) is 19.0 Å². The molecule has 0 spiro atoms. The highest BCUT2D eigenvalue weighted by molar-refractivity contribution is 6.28. The van der Waals surface area contributed by atoms with Crippen molar-refractivity contribution in [3.8, 4) is 0 Å². The maximum absolute atomic E-state index is 12.7. The van der Waals surface area contributed by atoms with E-state index in [-0.39, 0.29) is 18.6 Å². The lowest BCUT2D eigenvalue weighted by molar-refractivity contribution is -0.147. The molecule has 13 heteroatoms. The molecule has 12 nitrogen and oxygen atoms in total. The van der Waals surface area contributed by atoms with E-state index in [0.29, 0.717) is 0 Å². The Morgan fingerprint density at radius 2 is 1.78 bits per heavy atom. The number of amides is 3. The fourth-order valence-electron chi connectivity index (χ4n) is 2.56. The molecule has 2 rings (SSSR count). The van der Waals surface area contributed by atoms with E-state index in [1.54, 1.807) is 12.1 Å². The van der Waals surface area contributed by atoms with Crippen molar-refractivity contribution < 1.29 is 28.9 Å². The van der Waals surface area contributed by atoms with Crippen molar-refractivity contribution in [1.29, 1.82) is 0 Å². The van der Waals surface area contributed by atoms with Crippen molar-refractivity contribution in [2.45, 2.75) is 45.8 Å². The molecule has 0 bridgehead atoms. The van der Waals surface area contributed by atoms with E-state index in [1.807, 2.05) is 23.6 Å². The van der Waals surface area contributed by atoms with Gasteiger partial charge in [-0.2, -0.15) is 0 Å². The number of nitrogens with two attached hydrogens (primary N) is 1. The highest BCUT2D eigenvalue weighted by Gasteiger charge is 2.24. The predicted octanol–water partition coefficient (Wildman–Crippen LogP) is 0.0227. The van der Waals surface area contributed by atoms with E-state index in [9.17, 15) is 19.2 Å². The van der Waals surface area contributed by atoms with Crippen molar-refractivity contribution in [1.82, 2.24) is 26.0 Å². The second-order valence-electron chi connectivity index (χ2n) is 8.18. The number of nitrogens with zero attached hydrogens (tertiary/aromatic N) is 2. The zero-order valence-corrected chi connectivity index (χ0v) is 20.5. The fourth-order valence-corrected chi connectivity index (χ4v) is 2.56. The van der Waals surface area contributed by atoms with Crippen LogP contribution in [-0.4, -0.2) is 64.8 Å². The van der Waals surface area contributed by atoms with Gasteiger partial charge >= 0.3 is 13.5 Å². The first-order valence-electron chi connectivity index (χ1n) is 11.2. The van der Waals surface area contributed by atoms with E-state index >= 15 is 0 Å². The summed E-state index contributed by atoms with van der Waals surface area (Å²) in [5.41, 5.74) is 2.68. The van der Waals surface area contributed by atoms with E-state index < -0.39 is 42.3 Å². The molecular weight excluding hydrogens is 467 g/mol. The zero-order chi connectivity index (χ0) is 26.9. The Bertz CT molecular complexity index is 961. The van der Waals surface area contributed by atoms with Gasteiger partial charge in [0.1, 0.15) is 17.8 Å². The van der Waals surface area contributed by atoms with Crippen molar-refractivity contribution in [2.75, 3.05) is 6.44 Å². The van der Waals surface area contributed by atoms with Gasteiger partial charge in [-0.25, -0.2) is 15.6 Å². The Labute approximate surface area is 210 Å². The molecule has 0 saturated heterocycles. The van der Waals surface area contributed by atoms with Gasteiger partial charge in [0.25, 0.3) is 5.91 Å². The smallest absolute Gasteiger partial charge is 0.331 e. The topological polar surface area (TPSA) is 186 Å². The third kappa shape index (κ3) is 12.6. The van der Waals surface area contributed by atoms with Crippen molar-refractivity contribution in [2.24, 2.45) is 11.8 Å². The quantitative estimate of drug-likeness (QED) is 0.0883. The van der Waals surface area contributed by atoms with Gasteiger partial charge in [-0.3, -0.25) is 24.8 Å². The van der Waals surface area contributed by atoms with Gasteiger partial charge in [0.2, 0.25) is 11.8 Å². The summed E-state index contributed by atoms with van der Waals surface area (Å²) in [6.07, 6.45) is 2.12. The SMILES string of the molecule is CC(C)C.NNC(=O)CC(O[B]CNC(=O)C(Cc1ccccc1)NC(=O)c1cnccn1)C(=O)O. The minimum atomic E-state index is -1.47. The molecule has 2 aromatic rings. The number of aromatic nitrogens is 2. The first-order chi connectivity index (χ1) is 17.1. The maximum atomic E-state index is 12.7. The number of carboxylic acid groups (broad SMARTS) is 1. The Balaban J connectivity index is 0.00000150. The summed E-state index contributed by atoms with van der Waals surface area (Å²) in [7, 11) is 1.05. The summed E-state index contributed by atoms with van der Waals surface area (Å²) in [4.78, 5) is 55.2. The van der Waals surface area contributed by atoms with Crippen molar-refractivity contribution >= 4 is 31.2 Å². The van der Waals surface area contributed by atoms with Crippen LogP contribution in [0.25, 0.3) is 0 Å². The van der Waals surface area contributed by atoms with Crippen LogP contribution < -0.4 is 21.9 Å². The molecule has 0 saturated carbocycles. The summed E-state index contributed by atoms with van der Waals surface area (Å²) in [6.45, 7) is 6.50. The van der Waals surface area contributed by atoms with Gasteiger partial charge in [0, 0.05) is 25.3 Å². The first kappa shape index (κ1) is 30.2. The number of nitrogens with one attached hydrogen (secondary N) is 3. The molecule has 2 unspecified atom stereocenters. The number of aliphatic carboxylic acids is 1. The lowest BCUT2D eigenvalue weighted by atomic mass is 9.99. The van der Waals surface area contributed by atoms with Crippen molar-refractivity contribution in [3.63, 3.8) is 0 Å². The number of carbonyl (C=O) groups is 4. The fraction of sp³-hybridized carbons (Fsp3) is 0.391. The Kier molecular flexibility index (Phi) is 14.0. The number of hydrogen-bond donors (Lipinski definition) is 5. The molecule has 193 valence electrons. The van der Waals surface area contributed by atoms with Gasteiger partial charge in [0.05, 0.1) is 12.6 Å². The first-order valence-corrected chi connectivity index (χ1v) is 11.2. The summed E-state index contributed by atoms with van der Waals surface area (Å²) in [6, 6.07) is 8.11. The molecule has 3 amide bonds. The molecule has 1 aromatic heterocycles. The van der Waals surface area contributed by atoms with Crippen LogP contribution >= 0.6 is 0 Å². The summed E-state index contributed by atoms with van der Waals surface area (Å²) in [5.74, 6) is 2.58. The summed E-state index contributed by atoms with van der Waals surface area (Å²) < 4.78 is 5.01. The summed E-state index contributed by atoms with van der Waals surface area (Å²) >= 11 is 0. The van der Waals surface area contributed by atoms with Gasteiger partial charge in [-0.15, -0.1) is 0 Å². The highest BCUT2D eigenvalue weighted by Crippen LogP contribution is 2.05. The van der Waals surface area contributed by atoms with E-state index in [2.05, 4.69) is 41.4 Å². The Hall–Kier alpha value is -3.84.